The summed E-state index contributed by atoms with van der Waals surface area (Å²) in [6, 6.07) is 2.64. The van der Waals surface area contributed by atoms with Gasteiger partial charge >= 0.3 is 6.18 Å². The van der Waals surface area contributed by atoms with Gasteiger partial charge < -0.3 is 11.1 Å². The van der Waals surface area contributed by atoms with E-state index in [1.165, 1.54) is 16.9 Å². The summed E-state index contributed by atoms with van der Waals surface area (Å²) in [6.45, 7) is 8.47. The van der Waals surface area contributed by atoms with Crippen molar-refractivity contribution in [2.24, 2.45) is 5.73 Å². The first-order valence-electron chi connectivity index (χ1n) is 13.5. The molecule has 0 radical (unpaired) electrons. The van der Waals surface area contributed by atoms with Crippen LogP contribution in [0.25, 0.3) is 38.2 Å². The number of primary amides is 1. The predicted molar refractivity (Wildman–Crippen MR) is 157 cm³/mol. The van der Waals surface area contributed by atoms with Crippen molar-refractivity contribution in [3.05, 3.63) is 64.4 Å². The molecule has 0 aromatic carbocycles. The number of anilines is 1. The number of fused-ring (bicyclic) bond motifs is 2. The summed E-state index contributed by atoms with van der Waals surface area (Å²) in [5.74, 6) is -1.63. The molecule has 226 valence electrons. The van der Waals surface area contributed by atoms with Gasteiger partial charge in [0, 0.05) is 48.2 Å². The first kappa shape index (κ1) is 29.0. The quantitative estimate of drug-likeness (QED) is 0.252. The number of nitrogens with one attached hydrogen (secondary N) is 1. The molecule has 12 nitrogen and oxygen atoms in total. The van der Waals surface area contributed by atoms with Crippen LogP contribution >= 0.6 is 11.3 Å². The van der Waals surface area contributed by atoms with E-state index in [-0.39, 0.29) is 37.6 Å². The lowest BCUT2D eigenvalue weighted by Gasteiger charge is -2.12. The van der Waals surface area contributed by atoms with E-state index in [0.29, 0.717) is 41.4 Å². The van der Waals surface area contributed by atoms with Crippen LogP contribution in [0.5, 0.6) is 0 Å². The molecule has 0 aliphatic rings. The number of alkyl halides is 3. The second kappa shape index (κ2) is 10.6. The molecule has 0 aliphatic heterocycles. The molecule has 0 unspecified atom stereocenters. The van der Waals surface area contributed by atoms with E-state index in [0.717, 1.165) is 17.3 Å². The Balaban J connectivity index is 1.51. The largest absolute Gasteiger partial charge is 0.433 e. The molecule has 6 aromatic heterocycles. The third-order valence-corrected chi connectivity index (χ3v) is 8.27. The molecule has 44 heavy (non-hydrogen) atoms. The van der Waals surface area contributed by atoms with E-state index in [1.54, 1.807) is 28.6 Å². The van der Waals surface area contributed by atoms with Crippen LogP contribution in [-0.4, -0.2) is 51.0 Å². The molecule has 3 N–H and O–H groups in total. The van der Waals surface area contributed by atoms with E-state index in [4.69, 9.17) is 5.73 Å². The molecule has 0 atom stereocenters. The molecule has 6 aromatic rings. The molecule has 0 spiro atoms. The summed E-state index contributed by atoms with van der Waals surface area (Å²) in [5.41, 5.74) is 7.90. The summed E-state index contributed by atoms with van der Waals surface area (Å²) >= 11 is 0.665. The highest BCUT2D eigenvalue weighted by Crippen LogP contribution is 2.44. The molecule has 2 amide bonds. The lowest BCUT2D eigenvalue weighted by molar-refractivity contribution is -0.140. The van der Waals surface area contributed by atoms with Crippen molar-refractivity contribution in [2.75, 3.05) is 5.32 Å². The summed E-state index contributed by atoms with van der Waals surface area (Å²) < 4.78 is 46.7. The van der Waals surface area contributed by atoms with Crippen LogP contribution in [0.1, 0.15) is 51.0 Å². The van der Waals surface area contributed by atoms with Crippen molar-refractivity contribution in [1.82, 2.24) is 39.1 Å². The highest BCUT2D eigenvalue weighted by molar-refractivity contribution is 7.21. The maximum absolute atomic E-state index is 13.9. The number of pyridine rings is 1. The Hall–Kier alpha value is -5.12. The fourth-order valence-corrected chi connectivity index (χ4v) is 6.07. The highest BCUT2D eigenvalue weighted by atomic mass is 32.1. The number of halogens is 3. The summed E-state index contributed by atoms with van der Waals surface area (Å²) in [4.78, 5) is 34.2. The van der Waals surface area contributed by atoms with Crippen LogP contribution in [0.3, 0.4) is 0 Å². The summed E-state index contributed by atoms with van der Waals surface area (Å²) in [6.07, 6.45) is 1.57. The lowest BCUT2D eigenvalue weighted by Crippen LogP contribution is -2.17. The van der Waals surface area contributed by atoms with Gasteiger partial charge in [-0.15, -0.1) is 11.3 Å². The number of aryl methyl sites for hydroxylation is 4. The fraction of sp³-hybridized carbons (Fsp3) is 0.250. The Morgan fingerprint density at radius 2 is 1.68 bits per heavy atom. The Bertz CT molecular complexity index is 2100. The number of rotatable bonds is 7. The number of carbonyl (C=O) groups is 2. The molecular formula is C28H25F3N10O2S. The second-order valence-corrected chi connectivity index (χ2v) is 10.9. The molecule has 0 fully saturated rings. The number of thiophene rings is 1. The van der Waals surface area contributed by atoms with Gasteiger partial charge in [0.05, 0.1) is 29.0 Å². The molecule has 6 rings (SSSR count). The first-order valence-corrected chi connectivity index (χ1v) is 14.3. The molecule has 0 saturated heterocycles. The van der Waals surface area contributed by atoms with Gasteiger partial charge in [-0.05, 0) is 45.4 Å². The minimum atomic E-state index is -4.77. The number of carbonyl (C=O) groups excluding carboxylic acids is 2. The second-order valence-electron chi connectivity index (χ2n) is 9.95. The average molecular weight is 623 g/mol. The van der Waals surface area contributed by atoms with Crippen molar-refractivity contribution < 1.29 is 22.8 Å². The molecule has 0 bridgehead atoms. The SMILES string of the molecule is CCn1cc(-c2cc(C(F)(F)F)nc3sc(C(N)=O)c(NC(=O)c4cnn5c(-c6cn(CC)nc6C)ccnc45)c23)c(C)n1. The Morgan fingerprint density at radius 1 is 1.02 bits per heavy atom. The number of hydrogen-bond acceptors (Lipinski definition) is 8. The smallest absolute Gasteiger partial charge is 0.365 e. The highest BCUT2D eigenvalue weighted by Gasteiger charge is 2.35. The normalized spacial score (nSPS) is 12.0. The molecular weight excluding hydrogens is 597 g/mol. The maximum atomic E-state index is 13.9. The summed E-state index contributed by atoms with van der Waals surface area (Å²) in [7, 11) is 0. The van der Waals surface area contributed by atoms with Crippen molar-refractivity contribution >= 4 is 44.7 Å². The van der Waals surface area contributed by atoms with Gasteiger partial charge in [0.15, 0.2) is 5.65 Å². The number of hydrogen-bond donors (Lipinski definition) is 2. The number of nitrogens with two attached hydrogens (primary N) is 1. The Labute approximate surface area is 251 Å². The van der Waals surface area contributed by atoms with Crippen molar-refractivity contribution in [1.29, 1.82) is 0 Å². The predicted octanol–water partition coefficient (Wildman–Crippen LogP) is 5.09. The van der Waals surface area contributed by atoms with Gasteiger partial charge in [-0.3, -0.25) is 19.0 Å². The molecule has 0 aliphatic carbocycles. The maximum Gasteiger partial charge on any atom is 0.433 e. The summed E-state index contributed by atoms with van der Waals surface area (Å²) in [5, 5.41) is 16.1. The number of amides is 2. The van der Waals surface area contributed by atoms with Crippen LogP contribution < -0.4 is 11.1 Å². The van der Waals surface area contributed by atoms with Gasteiger partial charge in [0.25, 0.3) is 11.8 Å². The Morgan fingerprint density at radius 3 is 2.30 bits per heavy atom. The van der Waals surface area contributed by atoms with Crippen LogP contribution in [0.2, 0.25) is 0 Å². The van der Waals surface area contributed by atoms with E-state index >= 15 is 0 Å². The van der Waals surface area contributed by atoms with Crippen LogP contribution in [0, 0.1) is 13.8 Å². The van der Waals surface area contributed by atoms with E-state index in [1.807, 2.05) is 27.0 Å². The van der Waals surface area contributed by atoms with Crippen molar-refractivity contribution in [2.45, 2.75) is 47.0 Å². The van der Waals surface area contributed by atoms with Gasteiger partial charge in [-0.1, -0.05) is 0 Å². The number of nitrogens with zero attached hydrogens (tertiary/aromatic N) is 8. The average Bonchev–Trinajstić information content (AvgIpc) is 3.75. The topological polar surface area (TPSA) is 151 Å². The zero-order chi connectivity index (χ0) is 31.5. The molecule has 6 heterocycles. The van der Waals surface area contributed by atoms with Gasteiger partial charge in [0.1, 0.15) is 21.0 Å². The third kappa shape index (κ3) is 4.76. The minimum absolute atomic E-state index is 0.0575. The fourth-order valence-electron chi connectivity index (χ4n) is 5.06. The zero-order valence-electron chi connectivity index (χ0n) is 23.9. The van der Waals surface area contributed by atoms with Gasteiger partial charge in [0.2, 0.25) is 0 Å². The number of aromatic nitrogens is 8. The minimum Gasteiger partial charge on any atom is -0.365 e. The van der Waals surface area contributed by atoms with Crippen LogP contribution in [0.15, 0.2) is 36.9 Å². The van der Waals surface area contributed by atoms with Crippen molar-refractivity contribution in [3.8, 4) is 22.4 Å². The Kier molecular flexibility index (Phi) is 6.95. The van der Waals surface area contributed by atoms with Gasteiger partial charge in [-0.2, -0.15) is 28.5 Å². The third-order valence-electron chi connectivity index (χ3n) is 7.17. The van der Waals surface area contributed by atoms with E-state index in [2.05, 4.69) is 30.6 Å². The van der Waals surface area contributed by atoms with Gasteiger partial charge in [-0.25, -0.2) is 14.5 Å². The van der Waals surface area contributed by atoms with E-state index in [9.17, 15) is 22.8 Å². The zero-order valence-corrected chi connectivity index (χ0v) is 24.7. The lowest BCUT2D eigenvalue weighted by atomic mass is 10.0. The molecule has 16 heteroatoms. The van der Waals surface area contributed by atoms with Crippen LogP contribution in [-0.2, 0) is 19.3 Å². The monoisotopic (exact) mass is 622 g/mol. The van der Waals surface area contributed by atoms with Crippen LogP contribution in [0.4, 0.5) is 18.9 Å². The standard InChI is InChI=1S/C28H25F3N10O2S/c1-5-39-11-17(13(3)37-39)15-9-20(28(29,30)31)35-27-21(15)22(23(44-27)24(32)42)36-26(43)16-10-34-41-19(7-8-33-25(16)41)18-12-40(6-2)38-14(18)4/h7-12H,5-6H2,1-4H3,(H2,32,42)(H,36,43). The molecule has 0 saturated carbocycles. The first-order chi connectivity index (χ1) is 20.9. The van der Waals surface area contributed by atoms with E-state index < -0.39 is 23.7 Å². The van der Waals surface area contributed by atoms with Crippen molar-refractivity contribution in [3.63, 3.8) is 0 Å².